The minimum absolute atomic E-state index is 0.00929. The van der Waals surface area contributed by atoms with Gasteiger partial charge in [-0.15, -0.1) is 20.3 Å². The highest BCUT2D eigenvalue weighted by atomic mass is 32.2. The topological polar surface area (TPSA) is 261 Å². The maximum Gasteiger partial charge on any atom is 0.333 e. The number of urea groups is 1. The number of pyridine rings is 2. The number of halogens is 2. The number of rotatable bonds is 11. The molecule has 4 N–H and O–H groups in total. The summed E-state index contributed by atoms with van der Waals surface area (Å²) in [6, 6.07) is 13.2. The third-order valence-corrected chi connectivity index (χ3v) is 11.3. The van der Waals surface area contributed by atoms with Gasteiger partial charge < -0.3 is 29.5 Å². The zero-order chi connectivity index (χ0) is 51.4. The Labute approximate surface area is 398 Å². The van der Waals surface area contributed by atoms with Crippen LogP contribution in [0.4, 0.5) is 42.4 Å². The van der Waals surface area contributed by atoms with E-state index >= 15 is 0 Å². The van der Waals surface area contributed by atoms with Crippen molar-refractivity contribution in [2.75, 3.05) is 43.3 Å². The number of aromatic nitrogens is 6. The van der Waals surface area contributed by atoms with Crippen molar-refractivity contribution in [1.82, 2.24) is 34.9 Å². The Bertz CT molecular complexity index is 3230. The molecule has 0 aliphatic heterocycles. The Morgan fingerprint density at radius 1 is 0.812 bits per heavy atom. The molecule has 2 amide bonds. The molecule has 358 valence electrons. The van der Waals surface area contributed by atoms with Gasteiger partial charge in [0.1, 0.15) is 29.8 Å². The molecule has 4 heterocycles. The summed E-state index contributed by atoms with van der Waals surface area (Å²) in [5, 5.41) is 22.8. The Morgan fingerprint density at radius 2 is 1.36 bits per heavy atom. The molecular formula is C45H46F2N14O6S2. The van der Waals surface area contributed by atoms with Gasteiger partial charge in [-0.25, -0.2) is 36.8 Å². The molecule has 0 radical (unpaired) electrons. The predicted octanol–water partition coefficient (Wildman–Crippen LogP) is 7.85. The lowest BCUT2D eigenvalue weighted by molar-refractivity contribution is 0.256. The van der Waals surface area contributed by atoms with E-state index in [4.69, 9.17) is 28.3 Å². The number of nitrogens with zero attached hydrogens (tertiary/aromatic N) is 11. The summed E-state index contributed by atoms with van der Waals surface area (Å²) in [4.78, 5) is 38.0. The van der Waals surface area contributed by atoms with Crippen LogP contribution in [0.15, 0.2) is 89.4 Å². The second kappa shape index (κ2) is 23.0. The lowest BCUT2D eigenvalue weighted by Crippen LogP contribution is -2.35. The van der Waals surface area contributed by atoms with Gasteiger partial charge in [-0.2, -0.15) is 18.5 Å². The molecule has 0 atom stereocenters. The predicted molar refractivity (Wildman–Crippen MR) is 254 cm³/mol. The summed E-state index contributed by atoms with van der Waals surface area (Å²) in [5.41, 5.74) is 4.03. The van der Waals surface area contributed by atoms with Crippen LogP contribution in [-0.2, 0) is 20.0 Å². The molecule has 2 aromatic carbocycles. The molecule has 0 unspecified atom stereocenters. The standard InChI is InChI=1S/C22H22FN7O3S.C16H12FN3O.C7H12N4O2S/c1-13(2)17-9-15(23)10-18(14-6-7-25-19(8-14)24-3)21(17)27-22(31)29-34(32,33)20-11-16(30(4)5)12-26-28-20;1-10(2)13-7-12(17)8-14(16(13)21-9-18)11-4-5-20-15(6-11)19-3;1-5-4-6(11(2)3)10-7(9-5)14(8,12)13/h6-13H,1-2,4-5H3,(H2,27,29,31);4-8,10H,1-2H3;4H,1-3H3,(H2,8,12,13). The first-order valence-corrected chi connectivity index (χ1v) is 23.2. The number of anilines is 3. The molecule has 0 saturated heterocycles. The van der Waals surface area contributed by atoms with Crippen LogP contribution in [-0.4, -0.2) is 81.2 Å². The lowest BCUT2D eigenvalue weighted by Gasteiger charge is -2.19. The molecule has 0 bridgehead atoms. The first kappa shape index (κ1) is 53.4. The highest BCUT2D eigenvalue weighted by Crippen LogP contribution is 2.39. The van der Waals surface area contributed by atoms with E-state index in [1.165, 1.54) is 61.1 Å². The molecular weight excluding hydrogens is 935 g/mol. The Balaban J connectivity index is 0.000000251. The van der Waals surface area contributed by atoms with E-state index in [0.29, 0.717) is 50.8 Å². The fraction of sp³-hybridized carbons (Fsp3) is 0.244. The number of ether oxygens (including phenoxy) is 1. The molecule has 6 rings (SSSR count). The third kappa shape index (κ3) is 14.4. The highest BCUT2D eigenvalue weighted by molar-refractivity contribution is 7.90. The molecule has 4 aromatic heterocycles. The molecule has 0 aliphatic rings. The zero-order valence-corrected chi connectivity index (χ0v) is 40.3. The average Bonchev–Trinajstić information content (AvgIpc) is 3.29. The van der Waals surface area contributed by atoms with E-state index in [2.05, 4.69) is 45.1 Å². The highest BCUT2D eigenvalue weighted by Gasteiger charge is 2.24. The summed E-state index contributed by atoms with van der Waals surface area (Å²) in [5.74, 6) is -0.0703. The van der Waals surface area contributed by atoms with Gasteiger partial charge >= 0.3 is 6.03 Å². The normalized spacial score (nSPS) is 10.8. The Morgan fingerprint density at radius 3 is 1.87 bits per heavy atom. The number of carbonyl (C=O) groups is 1. The van der Waals surface area contributed by atoms with Crippen molar-refractivity contribution in [3.8, 4) is 34.3 Å². The second-order valence-corrected chi connectivity index (χ2v) is 18.7. The SMILES string of the molecule is Cc1cc(N(C)C)nc(S(N)(=O)=O)n1.[C-]#[N+]c1cc(-c2cc(F)cc(C(C)C)c2NC(=O)NS(=O)(=O)c2cc(N(C)C)cnn2)ccn1.[C-]#[N+]c1cc(-c2cc(F)cc(C(C)C)c2OC#N)ccn1. The largest absolute Gasteiger partial charge is 0.387 e. The summed E-state index contributed by atoms with van der Waals surface area (Å²) in [6.45, 7) is 23.2. The van der Waals surface area contributed by atoms with Crippen LogP contribution < -0.4 is 29.7 Å². The van der Waals surface area contributed by atoms with Crippen LogP contribution in [0.2, 0.25) is 0 Å². The molecule has 20 nitrogen and oxygen atoms in total. The third-order valence-electron chi connectivity index (χ3n) is 9.36. The van der Waals surface area contributed by atoms with Gasteiger partial charge in [0.2, 0.25) is 0 Å². The molecule has 69 heavy (non-hydrogen) atoms. The van der Waals surface area contributed by atoms with Gasteiger partial charge in [-0.05, 0) is 84.0 Å². The number of benzene rings is 2. The smallest absolute Gasteiger partial charge is 0.333 e. The molecule has 0 spiro atoms. The number of nitrogens with two attached hydrogens (primary N) is 1. The summed E-state index contributed by atoms with van der Waals surface area (Å²) in [6.07, 6.45) is 5.89. The van der Waals surface area contributed by atoms with E-state index in [-0.39, 0.29) is 39.9 Å². The van der Waals surface area contributed by atoms with Crippen LogP contribution in [0.3, 0.4) is 0 Å². The average molecular weight is 981 g/mol. The second-order valence-electron chi connectivity index (χ2n) is 15.6. The molecule has 24 heteroatoms. The number of primary sulfonamides is 1. The number of aryl methyl sites for hydroxylation is 1. The molecule has 0 fully saturated rings. The minimum atomic E-state index is -4.35. The monoisotopic (exact) mass is 980 g/mol. The zero-order valence-electron chi connectivity index (χ0n) is 38.7. The number of sulfonamides is 2. The van der Waals surface area contributed by atoms with Gasteiger partial charge in [0.15, 0.2) is 10.8 Å². The number of nitriles is 1. The van der Waals surface area contributed by atoms with E-state index in [1.54, 1.807) is 83.2 Å². The van der Waals surface area contributed by atoms with Crippen LogP contribution in [0.1, 0.15) is 56.4 Å². The number of amides is 2. The van der Waals surface area contributed by atoms with Gasteiger partial charge in [-0.3, -0.25) is 0 Å². The van der Waals surface area contributed by atoms with E-state index in [1.807, 2.05) is 18.6 Å². The minimum Gasteiger partial charge on any atom is -0.387 e. The number of carbonyl (C=O) groups excluding carboxylic acids is 1. The van der Waals surface area contributed by atoms with Crippen molar-refractivity contribution in [2.24, 2.45) is 5.14 Å². The summed E-state index contributed by atoms with van der Waals surface area (Å²) >= 11 is 0. The van der Waals surface area contributed by atoms with Crippen LogP contribution in [0, 0.1) is 43.2 Å². The van der Waals surface area contributed by atoms with Crippen molar-refractivity contribution in [3.05, 3.63) is 131 Å². The maximum absolute atomic E-state index is 14.4. The van der Waals surface area contributed by atoms with Crippen molar-refractivity contribution in [2.45, 2.75) is 56.6 Å². The molecule has 0 aliphatic carbocycles. The first-order valence-electron chi connectivity index (χ1n) is 20.2. The van der Waals surface area contributed by atoms with Gasteiger partial charge in [-0.1, -0.05) is 40.8 Å². The van der Waals surface area contributed by atoms with E-state index in [9.17, 15) is 30.4 Å². The molecule has 6 aromatic rings. The van der Waals surface area contributed by atoms with Crippen LogP contribution in [0.5, 0.6) is 5.75 Å². The van der Waals surface area contributed by atoms with Gasteiger partial charge in [0.05, 0.1) is 17.6 Å². The van der Waals surface area contributed by atoms with E-state index < -0.39 is 42.7 Å². The Hall–Kier alpha value is -8.24. The Kier molecular flexibility index (Phi) is 17.8. The van der Waals surface area contributed by atoms with Crippen LogP contribution in [0.25, 0.3) is 31.9 Å². The number of nitrogens with one attached hydrogen (secondary N) is 2. The maximum atomic E-state index is 14.4. The van der Waals surface area contributed by atoms with E-state index in [0.717, 1.165) is 0 Å². The lowest BCUT2D eigenvalue weighted by atomic mass is 9.94. The van der Waals surface area contributed by atoms with Crippen molar-refractivity contribution >= 4 is 54.9 Å². The van der Waals surface area contributed by atoms with Crippen molar-refractivity contribution in [3.63, 3.8) is 0 Å². The number of hydrogen-bond acceptors (Lipinski definition) is 15. The first-order chi connectivity index (χ1) is 32.4. The van der Waals surface area contributed by atoms with Crippen molar-refractivity contribution < 1.29 is 35.1 Å². The quantitative estimate of drug-likeness (QED) is 0.0634. The van der Waals surface area contributed by atoms with Gasteiger partial charge in [0, 0.05) is 62.7 Å². The molecule has 0 saturated carbocycles. The fourth-order valence-corrected chi connectivity index (χ4v) is 7.39. The summed E-state index contributed by atoms with van der Waals surface area (Å²) < 4.78 is 82.7. The number of hydrogen-bond donors (Lipinski definition) is 3. The summed E-state index contributed by atoms with van der Waals surface area (Å²) in [7, 11) is -1.26. The van der Waals surface area contributed by atoms with Crippen LogP contribution >= 0.6 is 0 Å². The van der Waals surface area contributed by atoms with Crippen molar-refractivity contribution in [1.29, 1.82) is 5.26 Å². The fourth-order valence-electron chi connectivity index (χ4n) is 6.07. The van der Waals surface area contributed by atoms with Gasteiger partial charge in [0.25, 0.3) is 43.1 Å².